The van der Waals surface area contributed by atoms with Gasteiger partial charge in [0.25, 0.3) is 0 Å². The van der Waals surface area contributed by atoms with E-state index in [1.807, 2.05) is 23.1 Å². The van der Waals surface area contributed by atoms with Crippen molar-refractivity contribution in [3.8, 4) is 0 Å². The van der Waals surface area contributed by atoms with Crippen molar-refractivity contribution in [2.24, 2.45) is 11.3 Å². The molecular weight excluding hydrogens is 302 g/mol. The zero-order valence-corrected chi connectivity index (χ0v) is 14.6. The Kier molecular flexibility index (Phi) is 4.78. The number of amides is 3. The molecule has 5 nitrogen and oxygen atoms in total. The number of benzene rings is 1. The summed E-state index contributed by atoms with van der Waals surface area (Å²) < 4.78 is 0. The summed E-state index contributed by atoms with van der Waals surface area (Å²) in [5.41, 5.74) is 1.59. The molecule has 5 heteroatoms. The highest BCUT2D eigenvalue weighted by Gasteiger charge is 2.45. The molecule has 0 bridgehead atoms. The summed E-state index contributed by atoms with van der Waals surface area (Å²) in [5, 5.41) is 2.98. The molecule has 1 atom stereocenters. The zero-order valence-electron chi connectivity index (χ0n) is 14.6. The van der Waals surface area contributed by atoms with Crippen molar-refractivity contribution in [1.82, 2.24) is 15.1 Å². The standard InChI is InChI=1S/C19H27N3O2/c1-19(2)12-16(19)13-20-18(24)22-11-10-21(17(23)14-22)9-8-15-6-4-3-5-7-15/h3-7,16H,8-14H2,1-2H3,(H,20,24)/t16-/m0/s1. The maximum absolute atomic E-state index is 12.3. The van der Waals surface area contributed by atoms with Gasteiger partial charge in [0, 0.05) is 26.2 Å². The van der Waals surface area contributed by atoms with Crippen molar-refractivity contribution in [1.29, 1.82) is 0 Å². The molecule has 0 radical (unpaired) electrons. The summed E-state index contributed by atoms with van der Waals surface area (Å²) in [6, 6.07) is 10.1. The molecule has 2 aliphatic rings. The van der Waals surface area contributed by atoms with Crippen LogP contribution in [0, 0.1) is 11.3 Å². The molecule has 0 aromatic heterocycles. The fraction of sp³-hybridized carbons (Fsp3) is 0.579. The molecular formula is C19H27N3O2. The first-order chi connectivity index (χ1) is 11.5. The Hall–Kier alpha value is -2.04. The summed E-state index contributed by atoms with van der Waals surface area (Å²) in [5.74, 6) is 0.614. The molecule has 1 aromatic carbocycles. The van der Waals surface area contributed by atoms with Gasteiger partial charge in [-0.05, 0) is 29.7 Å². The average Bonchev–Trinajstić information content (AvgIpc) is 3.19. The predicted molar refractivity (Wildman–Crippen MR) is 93.6 cm³/mol. The van der Waals surface area contributed by atoms with Crippen LogP contribution < -0.4 is 5.32 Å². The van der Waals surface area contributed by atoms with E-state index in [0.29, 0.717) is 37.5 Å². The van der Waals surface area contributed by atoms with Gasteiger partial charge in [0.2, 0.25) is 5.91 Å². The normalized spacial score (nSPS) is 22.4. The Bertz CT molecular complexity index is 600. The molecule has 3 rings (SSSR count). The van der Waals surface area contributed by atoms with Crippen LogP contribution in [0.2, 0.25) is 0 Å². The van der Waals surface area contributed by atoms with E-state index < -0.39 is 0 Å². The minimum Gasteiger partial charge on any atom is -0.339 e. The number of nitrogens with one attached hydrogen (secondary N) is 1. The topological polar surface area (TPSA) is 52.7 Å². The maximum Gasteiger partial charge on any atom is 0.317 e. The fourth-order valence-corrected chi connectivity index (χ4v) is 3.27. The lowest BCUT2D eigenvalue weighted by atomic mass is 10.1. The zero-order chi connectivity index (χ0) is 17.2. The summed E-state index contributed by atoms with van der Waals surface area (Å²) >= 11 is 0. The molecule has 0 unspecified atom stereocenters. The Morgan fingerprint density at radius 3 is 2.58 bits per heavy atom. The van der Waals surface area contributed by atoms with Gasteiger partial charge in [0.15, 0.2) is 0 Å². The second-order valence-electron chi connectivity index (χ2n) is 7.61. The van der Waals surface area contributed by atoms with E-state index in [2.05, 4.69) is 31.3 Å². The molecule has 1 heterocycles. The van der Waals surface area contributed by atoms with Crippen molar-refractivity contribution in [3.05, 3.63) is 35.9 Å². The molecule has 1 aromatic rings. The highest BCUT2D eigenvalue weighted by atomic mass is 16.2. The highest BCUT2D eigenvalue weighted by Crippen LogP contribution is 2.50. The number of carbonyl (C=O) groups excluding carboxylic acids is 2. The van der Waals surface area contributed by atoms with E-state index in [0.717, 1.165) is 6.42 Å². The van der Waals surface area contributed by atoms with E-state index in [1.54, 1.807) is 4.90 Å². The van der Waals surface area contributed by atoms with E-state index in [1.165, 1.54) is 12.0 Å². The number of nitrogens with zero attached hydrogens (tertiary/aromatic N) is 2. The summed E-state index contributed by atoms with van der Waals surface area (Å²) in [4.78, 5) is 28.0. The number of hydrogen-bond donors (Lipinski definition) is 1. The van der Waals surface area contributed by atoms with Crippen molar-refractivity contribution < 1.29 is 9.59 Å². The number of carbonyl (C=O) groups is 2. The first-order valence-corrected chi connectivity index (χ1v) is 8.80. The molecule has 1 saturated carbocycles. The van der Waals surface area contributed by atoms with Crippen LogP contribution in [0.3, 0.4) is 0 Å². The minimum atomic E-state index is -0.103. The van der Waals surface area contributed by atoms with Crippen molar-refractivity contribution in [2.75, 3.05) is 32.7 Å². The van der Waals surface area contributed by atoms with Gasteiger partial charge < -0.3 is 15.1 Å². The minimum absolute atomic E-state index is 0.0408. The van der Waals surface area contributed by atoms with Crippen LogP contribution >= 0.6 is 0 Å². The van der Waals surface area contributed by atoms with E-state index in [4.69, 9.17) is 0 Å². The molecule has 1 N–H and O–H groups in total. The second kappa shape index (κ2) is 6.83. The van der Waals surface area contributed by atoms with Crippen molar-refractivity contribution in [3.63, 3.8) is 0 Å². The average molecular weight is 329 g/mol. The van der Waals surface area contributed by atoms with Crippen LogP contribution in [0.25, 0.3) is 0 Å². The first kappa shape index (κ1) is 16.8. The third-order valence-electron chi connectivity index (χ3n) is 5.34. The lowest BCUT2D eigenvalue weighted by Crippen LogP contribution is -2.55. The predicted octanol–water partition coefficient (Wildman–Crippen LogP) is 2.13. The Balaban J connectivity index is 1.41. The molecule has 130 valence electrons. The molecule has 3 amide bonds. The summed E-state index contributed by atoms with van der Waals surface area (Å²) in [6.07, 6.45) is 2.02. The molecule has 2 fully saturated rings. The van der Waals surface area contributed by atoms with E-state index in [-0.39, 0.29) is 18.5 Å². The molecule has 1 aliphatic carbocycles. The molecule has 0 spiro atoms. The largest absolute Gasteiger partial charge is 0.339 e. The van der Waals surface area contributed by atoms with Crippen molar-refractivity contribution in [2.45, 2.75) is 26.7 Å². The van der Waals surface area contributed by atoms with Crippen LogP contribution in [0.5, 0.6) is 0 Å². The number of rotatable bonds is 5. The molecule has 1 saturated heterocycles. The van der Waals surface area contributed by atoms with Gasteiger partial charge in [-0.2, -0.15) is 0 Å². The summed E-state index contributed by atoms with van der Waals surface area (Å²) in [7, 11) is 0. The SMILES string of the molecule is CC1(C)C[C@H]1CNC(=O)N1CCN(CCc2ccccc2)C(=O)C1. The second-order valence-corrected chi connectivity index (χ2v) is 7.61. The maximum atomic E-state index is 12.3. The Labute approximate surface area is 144 Å². The summed E-state index contributed by atoms with van der Waals surface area (Å²) in [6.45, 7) is 7.30. The third kappa shape index (κ3) is 4.08. The number of hydrogen-bond acceptors (Lipinski definition) is 2. The Morgan fingerprint density at radius 2 is 1.96 bits per heavy atom. The first-order valence-electron chi connectivity index (χ1n) is 8.80. The molecule has 1 aliphatic heterocycles. The smallest absolute Gasteiger partial charge is 0.317 e. The van der Waals surface area contributed by atoms with Crippen LogP contribution in [-0.4, -0.2) is 54.5 Å². The van der Waals surface area contributed by atoms with Gasteiger partial charge >= 0.3 is 6.03 Å². The van der Waals surface area contributed by atoms with Crippen LogP contribution in [-0.2, 0) is 11.2 Å². The fourth-order valence-electron chi connectivity index (χ4n) is 3.27. The lowest BCUT2D eigenvalue weighted by Gasteiger charge is -2.34. The lowest BCUT2D eigenvalue weighted by molar-refractivity contribution is -0.134. The van der Waals surface area contributed by atoms with Gasteiger partial charge in [-0.1, -0.05) is 44.2 Å². The van der Waals surface area contributed by atoms with Gasteiger partial charge in [-0.15, -0.1) is 0 Å². The number of urea groups is 1. The van der Waals surface area contributed by atoms with Gasteiger partial charge in [-0.25, -0.2) is 4.79 Å². The Morgan fingerprint density at radius 1 is 1.25 bits per heavy atom. The van der Waals surface area contributed by atoms with Crippen LogP contribution in [0.4, 0.5) is 4.79 Å². The van der Waals surface area contributed by atoms with Crippen LogP contribution in [0.15, 0.2) is 30.3 Å². The van der Waals surface area contributed by atoms with E-state index >= 15 is 0 Å². The molecule has 24 heavy (non-hydrogen) atoms. The monoisotopic (exact) mass is 329 g/mol. The van der Waals surface area contributed by atoms with Crippen LogP contribution in [0.1, 0.15) is 25.8 Å². The van der Waals surface area contributed by atoms with Crippen molar-refractivity contribution >= 4 is 11.9 Å². The van der Waals surface area contributed by atoms with Gasteiger partial charge in [0.1, 0.15) is 6.54 Å². The van der Waals surface area contributed by atoms with Gasteiger partial charge in [-0.3, -0.25) is 4.79 Å². The van der Waals surface area contributed by atoms with E-state index in [9.17, 15) is 9.59 Å². The number of piperazine rings is 1. The third-order valence-corrected chi connectivity index (χ3v) is 5.34. The van der Waals surface area contributed by atoms with Gasteiger partial charge in [0.05, 0.1) is 0 Å². The highest BCUT2D eigenvalue weighted by molar-refractivity contribution is 5.85. The quantitative estimate of drug-likeness (QED) is 0.900.